The number of nitrogens with one attached hydrogen (secondary N) is 1. The van der Waals surface area contributed by atoms with Gasteiger partial charge >= 0.3 is 0 Å². The molecule has 1 aromatic heterocycles. The summed E-state index contributed by atoms with van der Waals surface area (Å²) in [6.07, 6.45) is 2.24. The quantitative estimate of drug-likeness (QED) is 0.765. The SMILES string of the molecule is Cc1nc(NC(=O)CN(CC2CC2)C(=O)c2cccc(Br)c2)sc1C. The molecule has 1 aliphatic carbocycles. The molecule has 0 bridgehead atoms. The van der Waals surface area contributed by atoms with Crippen LogP contribution in [0.15, 0.2) is 28.7 Å². The second kappa shape index (κ2) is 7.66. The van der Waals surface area contributed by atoms with Crippen molar-refractivity contribution in [2.45, 2.75) is 26.7 Å². The summed E-state index contributed by atoms with van der Waals surface area (Å²) < 4.78 is 0.850. The van der Waals surface area contributed by atoms with E-state index < -0.39 is 0 Å². The number of aromatic nitrogens is 1. The third-order valence-corrected chi connectivity index (χ3v) is 5.63. The molecule has 1 fully saturated rings. The van der Waals surface area contributed by atoms with Crippen molar-refractivity contribution in [2.24, 2.45) is 5.92 Å². The molecule has 132 valence electrons. The van der Waals surface area contributed by atoms with Crippen molar-refractivity contribution in [3.63, 3.8) is 0 Å². The number of anilines is 1. The monoisotopic (exact) mass is 421 g/mol. The molecule has 3 rings (SSSR count). The van der Waals surface area contributed by atoms with Gasteiger partial charge in [-0.15, -0.1) is 11.3 Å². The minimum absolute atomic E-state index is 0.0412. The van der Waals surface area contributed by atoms with E-state index in [9.17, 15) is 9.59 Å². The number of nitrogens with zero attached hydrogens (tertiary/aromatic N) is 2. The fourth-order valence-electron chi connectivity index (χ4n) is 2.49. The Morgan fingerprint density at radius 1 is 1.36 bits per heavy atom. The first kappa shape index (κ1) is 18.1. The van der Waals surface area contributed by atoms with E-state index in [1.165, 1.54) is 11.3 Å². The standard InChI is InChI=1S/C18H20BrN3O2S/c1-11-12(2)25-18(20-11)21-16(23)10-22(9-13-6-7-13)17(24)14-4-3-5-15(19)8-14/h3-5,8,13H,6-7,9-10H2,1-2H3,(H,20,21,23). The lowest BCUT2D eigenvalue weighted by molar-refractivity contribution is -0.116. The van der Waals surface area contributed by atoms with Crippen LogP contribution >= 0.6 is 27.3 Å². The fraction of sp³-hybridized carbons (Fsp3) is 0.389. The van der Waals surface area contributed by atoms with Crippen molar-refractivity contribution in [3.05, 3.63) is 44.9 Å². The summed E-state index contributed by atoms with van der Waals surface area (Å²) in [5.74, 6) is 0.181. The maximum Gasteiger partial charge on any atom is 0.254 e. The molecule has 1 aromatic carbocycles. The van der Waals surface area contributed by atoms with Crippen molar-refractivity contribution in [1.82, 2.24) is 9.88 Å². The predicted octanol–water partition coefficient (Wildman–Crippen LogP) is 4.01. The first-order valence-electron chi connectivity index (χ1n) is 8.21. The van der Waals surface area contributed by atoms with Gasteiger partial charge < -0.3 is 10.2 Å². The molecule has 1 N–H and O–H groups in total. The zero-order valence-electron chi connectivity index (χ0n) is 14.2. The maximum atomic E-state index is 12.8. The Morgan fingerprint density at radius 3 is 2.72 bits per heavy atom. The van der Waals surface area contributed by atoms with E-state index in [-0.39, 0.29) is 18.4 Å². The molecule has 1 saturated carbocycles. The summed E-state index contributed by atoms with van der Waals surface area (Å²) in [5.41, 5.74) is 1.50. The minimum atomic E-state index is -0.210. The van der Waals surface area contributed by atoms with E-state index in [4.69, 9.17) is 0 Å². The number of carbonyl (C=O) groups is 2. The minimum Gasteiger partial charge on any atom is -0.329 e. The van der Waals surface area contributed by atoms with E-state index in [0.29, 0.717) is 23.2 Å². The molecular weight excluding hydrogens is 402 g/mol. The highest BCUT2D eigenvalue weighted by atomic mass is 79.9. The smallest absolute Gasteiger partial charge is 0.254 e. The predicted molar refractivity (Wildman–Crippen MR) is 103 cm³/mol. The third kappa shape index (κ3) is 4.89. The van der Waals surface area contributed by atoms with Crippen molar-refractivity contribution in [2.75, 3.05) is 18.4 Å². The largest absolute Gasteiger partial charge is 0.329 e. The van der Waals surface area contributed by atoms with Crippen LogP contribution in [0.2, 0.25) is 0 Å². The molecule has 0 unspecified atom stereocenters. The van der Waals surface area contributed by atoms with Gasteiger partial charge in [0.25, 0.3) is 5.91 Å². The Kier molecular flexibility index (Phi) is 5.54. The average Bonchev–Trinajstić information content (AvgIpc) is 3.31. The van der Waals surface area contributed by atoms with Crippen LogP contribution in [0.5, 0.6) is 0 Å². The molecule has 5 nitrogen and oxygen atoms in total. The molecule has 1 heterocycles. The van der Waals surface area contributed by atoms with Gasteiger partial charge in [0.15, 0.2) is 5.13 Å². The lowest BCUT2D eigenvalue weighted by Gasteiger charge is -2.22. The van der Waals surface area contributed by atoms with Gasteiger partial charge in [-0.1, -0.05) is 22.0 Å². The van der Waals surface area contributed by atoms with Crippen LogP contribution in [0.1, 0.15) is 33.8 Å². The van der Waals surface area contributed by atoms with E-state index in [2.05, 4.69) is 26.2 Å². The van der Waals surface area contributed by atoms with Gasteiger partial charge in [0, 0.05) is 21.5 Å². The van der Waals surface area contributed by atoms with Crippen LogP contribution in [-0.2, 0) is 4.79 Å². The van der Waals surface area contributed by atoms with Crippen molar-refractivity contribution < 1.29 is 9.59 Å². The third-order valence-electron chi connectivity index (χ3n) is 4.14. The molecule has 0 saturated heterocycles. The Balaban J connectivity index is 1.69. The van der Waals surface area contributed by atoms with Gasteiger partial charge in [-0.3, -0.25) is 9.59 Å². The fourth-order valence-corrected chi connectivity index (χ4v) is 3.72. The van der Waals surface area contributed by atoms with Crippen LogP contribution < -0.4 is 5.32 Å². The molecule has 7 heteroatoms. The molecule has 0 spiro atoms. The first-order valence-corrected chi connectivity index (χ1v) is 9.82. The van der Waals surface area contributed by atoms with E-state index in [1.807, 2.05) is 26.0 Å². The van der Waals surface area contributed by atoms with Crippen molar-refractivity contribution in [3.8, 4) is 0 Å². The van der Waals surface area contributed by atoms with Crippen LogP contribution in [0.25, 0.3) is 0 Å². The van der Waals surface area contributed by atoms with Gasteiger partial charge in [-0.25, -0.2) is 4.98 Å². The summed E-state index contributed by atoms with van der Waals surface area (Å²) in [6.45, 7) is 4.55. The van der Waals surface area contributed by atoms with Crippen LogP contribution in [-0.4, -0.2) is 34.8 Å². The molecule has 25 heavy (non-hydrogen) atoms. The van der Waals surface area contributed by atoms with Crippen molar-refractivity contribution in [1.29, 1.82) is 0 Å². The normalized spacial score (nSPS) is 13.6. The number of amides is 2. The Morgan fingerprint density at radius 2 is 2.12 bits per heavy atom. The number of rotatable bonds is 6. The number of hydrogen-bond acceptors (Lipinski definition) is 4. The van der Waals surface area contributed by atoms with Gasteiger partial charge in [0.05, 0.1) is 5.69 Å². The summed E-state index contributed by atoms with van der Waals surface area (Å²) in [4.78, 5) is 32.3. The number of aryl methyl sites for hydroxylation is 2. The highest BCUT2D eigenvalue weighted by Crippen LogP contribution is 2.30. The zero-order valence-corrected chi connectivity index (χ0v) is 16.6. The Hall–Kier alpha value is -1.73. The molecule has 0 aliphatic heterocycles. The second-order valence-corrected chi connectivity index (χ2v) is 8.47. The van der Waals surface area contributed by atoms with E-state index >= 15 is 0 Å². The number of benzene rings is 1. The number of thiazole rings is 1. The van der Waals surface area contributed by atoms with E-state index in [1.54, 1.807) is 17.0 Å². The summed E-state index contributed by atoms with van der Waals surface area (Å²) in [5, 5.41) is 3.40. The van der Waals surface area contributed by atoms with Gasteiger partial charge in [0.1, 0.15) is 6.54 Å². The molecule has 2 amide bonds. The first-order chi connectivity index (χ1) is 11.9. The maximum absolute atomic E-state index is 12.8. The van der Waals surface area contributed by atoms with Gasteiger partial charge in [-0.2, -0.15) is 0 Å². The summed E-state index contributed by atoms with van der Waals surface area (Å²) in [6, 6.07) is 7.27. The molecule has 2 aromatic rings. The van der Waals surface area contributed by atoms with E-state index in [0.717, 1.165) is 27.9 Å². The second-order valence-electron chi connectivity index (χ2n) is 6.35. The molecule has 0 radical (unpaired) electrons. The Labute approximate surface area is 159 Å². The lowest BCUT2D eigenvalue weighted by Crippen LogP contribution is -2.39. The average molecular weight is 422 g/mol. The van der Waals surface area contributed by atoms with Crippen LogP contribution in [0.3, 0.4) is 0 Å². The zero-order chi connectivity index (χ0) is 18.0. The molecular formula is C18H20BrN3O2S. The van der Waals surface area contributed by atoms with Gasteiger partial charge in [-0.05, 0) is 50.8 Å². The number of halogens is 1. The van der Waals surface area contributed by atoms with Crippen LogP contribution in [0.4, 0.5) is 5.13 Å². The molecule has 0 atom stereocenters. The highest BCUT2D eigenvalue weighted by Gasteiger charge is 2.28. The number of hydrogen-bond donors (Lipinski definition) is 1. The van der Waals surface area contributed by atoms with Crippen molar-refractivity contribution >= 4 is 44.2 Å². The number of carbonyl (C=O) groups excluding carboxylic acids is 2. The topological polar surface area (TPSA) is 62.3 Å². The lowest BCUT2D eigenvalue weighted by atomic mass is 10.2. The van der Waals surface area contributed by atoms with Gasteiger partial charge in [0.2, 0.25) is 5.91 Å². The molecule has 1 aliphatic rings. The summed E-state index contributed by atoms with van der Waals surface area (Å²) in [7, 11) is 0. The Bertz CT molecular complexity index is 782. The van der Waals surface area contributed by atoms with Crippen LogP contribution in [0, 0.1) is 19.8 Å². The highest BCUT2D eigenvalue weighted by molar-refractivity contribution is 9.10. The summed E-state index contributed by atoms with van der Waals surface area (Å²) >= 11 is 4.84.